The number of rotatable bonds is 6. The summed E-state index contributed by atoms with van der Waals surface area (Å²) in [6, 6.07) is 4.01. The first-order valence-electron chi connectivity index (χ1n) is 7.58. The molecule has 1 aliphatic rings. The molecule has 0 spiro atoms. The van der Waals surface area contributed by atoms with Gasteiger partial charge in [-0.1, -0.05) is 6.07 Å². The van der Waals surface area contributed by atoms with Gasteiger partial charge >= 0.3 is 0 Å². The molecule has 0 aromatic carbocycles. The van der Waals surface area contributed by atoms with Crippen LogP contribution in [0.5, 0.6) is 0 Å². The Labute approximate surface area is 129 Å². The number of piperidine rings is 1. The Kier molecular flexibility index (Phi) is 5.00. The molecule has 0 amide bonds. The van der Waals surface area contributed by atoms with Crippen molar-refractivity contribution >= 4 is 11.3 Å². The van der Waals surface area contributed by atoms with E-state index in [2.05, 4.69) is 20.4 Å². The summed E-state index contributed by atoms with van der Waals surface area (Å²) in [7, 11) is 2.02. The Bertz CT molecular complexity index is 532. The standard InChI is InChI=1S/C15H22N4OS/c1-16-7-4-12-5-8-19(9-6-12)11-14-17-18-15(20-14)13-3-2-10-21-13/h2-3,10,12,16H,4-9,11H2,1H3. The summed E-state index contributed by atoms with van der Waals surface area (Å²) in [5.74, 6) is 2.23. The minimum atomic E-state index is 0.643. The molecule has 0 aliphatic carbocycles. The van der Waals surface area contributed by atoms with Gasteiger partial charge in [0.25, 0.3) is 5.89 Å². The predicted molar refractivity (Wildman–Crippen MR) is 84.2 cm³/mol. The van der Waals surface area contributed by atoms with Crippen molar-refractivity contribution in [3.63, 3.8) is 0 Å². The van der Waals surface area contributed by atoms with Crippen LogP contribution in [-0.4, -0.2) is 41.8 Å². The zero-order chi connectivity index (χ0) is 14.5. The van der Waals surface area contributed by atoms with Crippen molar-refractivity contribution < 1.29 is 4.42 Å². The smallest absolute Gasteiger partial charge is 0.257 e. The third-order valence-electron chi connectivity index (χ3n) is 4.07. The fourth-order valence-electron chi connectivity index (χ4n) is 2.79. The van der Waals surface area contributed by atoms with Gasteiger partial charge in [0.05, 0.1) is 11.4 Å². The van der Waals surface area contributed by atoms with Crippen LogP contribution in [0.1, 0.15) is 25.2 Å². The monoisotopic (exact) mass is 306 g/mol. The molecule has 114 valence electrons. The third-order valence-corrected chi connectivity index (χ3v) is 4.93. The highest BCUT2D eigenvalue weighted by atomic mass is 32.1. The third kappa shape index (κ3) is 3.90. The van der Waals surface area contributed by atoms with Crippen LogP contribution in [0.4, 0.5) is 0 Å². The lowest BCUT2D eigenvalue weighted by molar-refractivity contribution is 0.160. The minimum Gasteiger partial charge on any atom is -0.419 e. The molecule has 1 aliphatic heterocycles. The topological polar surface area (TPSA) is 54.2 Å². The molecule has 0 saturated carbocycles. The largest absolute Gasteiger partial charge is 0.419 e. The number of aromatic nitrogens is 2. The fourth-order valence-corrected chi connectivity index (χ4v) is 3.43. The summed E-state index contributed by atoms with van der Waals surface area (Å²) in [5, 5.41) is 13.6. The minimum absolute atomic E-state index is 0.643. The van der Waals surface area contributed by atoms with Gasteiger partial charge in [0.2, 0.25) is 5.89 Å². The molecule has 6 heteroatoms. The number of likely N-dealkylation sites (tertiary alicyclic amines) is 1. The summed E-state index contributed by atoms with van der Waals surface area (Å²) in [6.45, 7) is 4.16. The van der Waals surface area contributed by atoms with E-state index in [-0.39, 0.29) is 0 Å². The number of thiophene rings is 1. The van der Waals surface area contributed by atoms with Crippen molar-refractivity contribution in [2.24, 2.45) is 5.92 Å². The van der Waals surface area contributed by atoms with Crippen molar-refractivity contribution in [1.82, 2.24) is 20.4 Å². The van der Waals surface area contributed by atoms with E-state index >= 15 is 0 Å². The highest BCUT2D eigenvalue weighted by Crippen LogP contribution is 2.25. The molecule has 1 fully saturated rings. The van der Waals surface area contributed by atoms with Crippen molar-refractivity contribution in [2.75, 3.05) is 26.7 Å². The van der Waals surface area contributed by atoms with Gasteiger partial charge in [0.15, 0.2) is 0 Å². The van der Waals surface area contributed by atoms with E-state index < -0.39 is 0 Å². The van der Waals surface area contributed by atoms with E-state index in [9.17, 15) is 0 Å². The lowest BCUT2D eigenvalue weighted by atomic mass is 9.93. The Morgan fingerprint density at radius 1 is 1.38 bits per heavy atom. The molecule has 3 rings (SSSR count). The lowest BCUT2D eigenvalue weighted by Gasteiger charge is -2.30. The van der Waals surface area contributed by atoms with Crippen LogP contribution >= 0.6 is 11.3 Å². The maximum Gasteiger partial charge on any atom is 0.257 e. The summed E-state index contributed by atoms with van der Waals surface area (Å²) in [4.78, 5) is 3.46. The zero-order valence-corrected chi connectivity index (χ0v) is 13.2. The highest BCUT2D eigenvalue weighted by molar-refractivity contribution is 7.13. The van der Waals surface area contributed by atoms with E-state index in [1.54, 1.807) is 11.3 Å². The van der Waals surface area contributed by atoms with Gasteiger partial charge in [-0.05, 0) is 63.3 Å². The SMILES string of the molecule is CNCCC1CCN(Cc2nnc(-c3cccs3)o2)CC1. The quantitative estimate of drug-likeness (QED) is 0.889. The average molecular weight is 306 g/mol. The first-order valence-corrected chi connectivity index (χ1v) is 8.46. The number of nitrogens with one attached hydrogen (secondary N) is 1. The molecule has 0 radical (unpaired) electrons. The van der Waals surface area contributed by atoms with E-state index in [1.165, 1.54) is 19.3 Å². The maximum absolute atomic E-state index is 5.76. The Hall–Kier alpha value is -1.24. The summed E-state index contributed by atoms with van der Waals surface area (Å²) >= 11 is 1.63. The number of hydrogen-bond donors (Lipinski definition) is 1. The van der Waals surface area contributed by atoms with Gasteiger partial charge in [-0.15, -0.1) is 21.5 Å². The molecule has 0 atom stereocenters. The van der Waals surface area contributed by atoms with E-state index in [4.69, 9.17) is 4.42 Å². The molecule has 0 bridgehead atoms. The zero-order valence-electron chi connectivity index (χ0n) is 12.4. The Balaban J connectivity index is 1.49. The lowest BCUT2D eigenvalue weighted by Crippen LogP contribution is -2.34. The molecule has 0 unspecified atom stereocenters. The summed E-state index contributed by atoms with van der Waals surface area (Å²) in [6.07, 6.45) is 3.83. The van der Waals surface area contributed by atoms with Crippen molar-refractivity contribution in [3.8, 4) is 10.8 Å². The van der Waals surface area contributed by atoms with Crippen molar-refractivity contribution in [2.45, 2.75) is 25.8 Å². The second-order valence-corrected chi connectivity index (χ2v) is 6.54. The number of nitrogens with zero attached hydrogens (tertiary/aromatic N) is 3. The second kappa shape index (κ2) is 7.15. The van der Waals surface area contributed by atoms with Gasteiger partial charge in [-0.25, -0.2) is 0 Å². The number of hydrogen-bond acceptors (Lipinski definition) is 6. The fraction of sp³-hybridized carbons (Fsp3) is 0.600. The van der Waals surface area contributed by atoms with Gasteiger partial charge in [-0.2, -0.15) is 0 Å². The molecule has 5 nitrogen and oxygen atoms in total. The normalized spacial score (nSPS) is 17.4. The summed E-state index contributed by atoms with van der Waals surface area (Å²) < 4.78 is 5.76. The van der Waals surface area contributed by atoms with Crippen LogP contribution in [0.15, 0.2) is 21.9 Å². The Morgan fingerprint density at radius 2 is 2.24 bits per heavy atom. The van der Waals surface area contributed by atoms with Crippen LogP contribution in [0, 0.1) is 5.92 Å². The average Bonchev–Trinajstić information content (AvgIpc) is 3.17. The molecular formula is C15H22N4OS. The van der Waals surface area contributed by atoms with Crippen LogP contribution < -0.4 is 5.32 Å². The molecule has 1 N–H and O–H groups in total. The van der Waals surface area contributed by atoms with Crippen LogP contribution in [0.3, 0.4) is 0 Å². The predicted octanol–water partition coefficient (Wildman–Crippen LogP) is 2.62. The second-order valence-electron chi connectivity index (χ2n) is 5.59. The van der Waals surface area contributed by atoms with Crippen molar-refractivity contribution in [1.29, 1.82) is 0 Å². The maximum atomic E-state index is 5.76. The van der Waals surface area contributed by atoms with Gasteiger partial charge < -0.3 is 9.73 Å². The molecule has 21 heavy (non-hydrogen) atoms. The Morgan fingerprint density at radius 3 is 2.95 bits per heavy atom. The van der Waals surface area contributed by atoms with E-state index in [0.717, 1.165) is 42.9 Å². The van der Waals surface area contributed by atoms with Gasteiger partial charge in [-0.3, -0.25) is 4.90 Å². The highest BCUT2D eigenvalue weighted by Gasteiger charge is 2.20. The van der Waals surface area contributed by atoms with Crippen LogP contribution in [0.25, 0.3) is 10.8 Å². The molecule has 3 heterocycles. The molecular weight excluding hydrogens is 284 g/mol. The molecule has 2 aromatic rings. The first-order chi connectivity index (χ1) is 10.3. The van der Waals surface area contributed by atoms with Crippen LogP contribution in [0.2, 0.25) is 0 Å². The molecule has 1 saturated heterocycles. The summed E-state index contributed by atoms with van der Waals surface area (Å²) in [5.41, 5.74) is 0. The van der Waals surface area contributed by atoms with Gasteiger partial charge in [0, 0.05) is 0 Å². The first kappa shape index (κ1) is 14.7. The van der Waals surface area contributed by atoms with Crippen LogP contribution in [-0.2, 0) is 6.54 Å². The van der Waals surface area contributed by atoms with E-state index in [1.807, 2.05) is 24.6 Å². The molecule has 2 aromatic heterocycles. The van der Waals surface area contributed by atoms with Gasteiger partial charge in [0.1, 0.15) is 0 Å². The van der Waals surface area contributed by atoms with E-state index in [0.29, 0.717) is 5.89 Å². The van der Waals surface area contributed by atoms with Crippen molar-refractivity contribution in [3.05, 3.63) is 23.4 Å².